The maximum absolute atomic E-state index is 13.8. The van der Waals surface area contributed by atoms with Gasteiger partial charge in [0.15, 0.2) is 0 Å². The highest BCUT2D eigenvalue weighted by atomic mass is 32.1. The molecule has 1 aliphatic heterocycles. The number of nitrogens with two attached hydrogens (primary N) is 1. The minimum absolute atomic E-state index is 0.0534. The van der Waals surface area contributed by atoms with Crippen molar-refractivity contribution in [1.29, 1.82) is 0 Å². The highest BCUT2D eigenvalue weighted by Crippen LogP contribution is 2.29. The number of aryl methyl sites for hydroxylation is 1. The van der Waals surface area contributed by atoms with Gasteiger partial charge in [0.2, 0.25) is 17.7 Å². The fourth-order valence-electron chi connectivity index (χ4n) is 5.21. The molecular formula is C31H47N5O4S. The summed E-state index contributed by atoms with van der Waals surface area (Å²) in [6.07, 6.45) is 4.45. The monoisotopic (exact) mass is 585 g/mol. The Balaban J connectivity index is 1.63. The van der Waals surface area contributed by atoms with Crippen molar-refractivity contribution in [3.05, 3.63) is 41.0 Å². The second-order valence-corrected chi connectivity index (χ2v) is 13.0. The van der Waals surface area contributed by atoms with E-state index >= 15 is 0 Å². The van der Waals surface area contributed by atoms with Crippen LogP contribution in [0.15, 0.2) is 29.8 Å². The van der Waals surface area contributed by atoms with E-state index < -0.39 is 23.6 Å². The van der Waals surface area contributed by atoms with E-state index in [2.05, 4.69) is 15.6 Å². The van der Waals surface area contributed by atoms with Gasteiger partial charge < -0.3 is 26.4 Å². The first-order valence-electron chi connectivity index (χ1n) is 14.7. The van der Waals surface area contributed by atoms with Gasteiger partial charge in [0, 0.05) is 19.4 Å². The predicted octanol–water partition coefficient (Wildman–Crippen LogP) is 4.09. The van der Waals surface area contributed by atoms with Crippen LogP contribution in [0.2, 0.25) is 0 Å². The van der Waals surface area contributed by atoms with Gasteiger partial charge in [0.1, 0.15) is 12.1 Å². The molecule has 226 valence electrons. The number of thiazole rings is 1. The van der Waals surface area contributed by atoms with Crippen molar-refractivity contribution in [2.75, 3.05) is 13.1 Å². The van der Waals surface area contributed by atoms with Crippen LogP contribution in [0.4, 0.5) is 0 Å². The number of unbranched alkanes of at least 4 members (excludes halogenated alkanes) is 4. The fraction of sp³-hybridized carbons (Fsp3) is 0.613. The number of aliphatic hydroxyl groups is 1. The SMILES string of the molecule is Cc1ncsc1-c1ccc(C(C)NC(=O)C2CC(O)CN2C(=O)C(NC(=O)CCCCCCCN)C(C)(C)C)cc1. The molecule has 3 amide bonds. The van der Waals surface area contributed by atoms with Gasteiger partial charge in [0.25, 0.3) is 0 Å². The average Bonchev–Trinajstić information content (AvgIpc) is 3.53. The highest BCUT2D eigenvalue weighted by Gasteiger charge is 2.44. The highest BCUT2D eigenvalue weighted by molar-refractivity contribution is 7.13. The first-order chi connectivity index (χ1) is 19.4. The summed E-state index contributed by atoms with van der Waals surface area (Å²) >= 11 is 1.59. The molecule has 1 aromatic heterocycles. The summed E-state index contributed by atoms with van der Waals surface area (Å²) in [6, 6.07) is 6.08. The van der Waals surface area contributed by atoms with Crippen molar-refractivity contribution >= 4 is 29.1 Å². The van der Waals surface area contributed by atoms with E-state index in [-0.39, 0.29) is 36.7 Å². The van der Waals surface area contributed by atoms with Gasteiger partial charge in [-0.2, -0.15) is 0 Å². The van der Waals surface area contributed by atoms with Crippen molar-refractivity contribution in [3.63, 3.8) is 0 Å². The first-order valence-corrected chi connectivity index (χ1v) is 15.6. The lowest BCUT2D eigenvalue weighted by molar-refractivity contribution is -0.144. The Morgan fingerprint density at radius 3 is 2.37 bits per heavy atom. The van der Waals surface area contributed by atoms with Gasteiger partial charge in [-0.15, -0.1) is 11.3 Å². The first kappa shape index (κ1) is 32.7. The van der Waals surface area contributed by atoms with Crippen LogP contribution in [-0.2, 0) is 14.4 Å². The standard InChI is InChI=1S/C31H47N5O4S/c1-20(22-12-14-23(15-13-22)27-21(2)33-19-41-27)34-29(39)25-17-24(37)18-36(25)30(40)28(31(3,4)5)35-26(38)11-9-7-6-8-10-16-32/h12-15,19-20,24-25,28,37H,6-11,16-18,32H2,1-5H3,(H,34,39)(H,35,38). The summed E-state index contributed by atoms with van der Waals surface area (Å²) in [5.74, 6) is -0.841. The molecule has 0 saturated carbocycles. The van der Waals surface area contributed by atoms with Crippen LogP contribution >= 0.6 is 11.3 Å². The van der Waals surface area contributed by atoms with Crippen LogP contribution in [0.3, 0.4) is 0 Å². The number of aromatic nitrogens is 1. The third-order valence-electron chi connectivity index (χ3n) is 7.67. The Labute approximate surface area is 248 Å². The quantitative estimate of drug-likeness (QED) is 0.261. The van der Waals surface area contributed by atoms with Gasteiger partial charge in [-0.1, -0.05) is 64.3 Å². The van der Waals surface area contributed by atoms with Gasteiger partial charge in [-0.3, -0.25) is 14.4 Å². The molecule has 0 bridgehead atoms. The summed E-state index contributed by atoms with van der Waals surface area (Å²) in [7, 11) is 0. The minimum atomic E-state index is -0.816. The molecule has 41 heavy (non-hydrogen) atoms. The van der Waals surface area contributed by atoms with Gasteiger partial charge in [-0.25, -0.2) is 4.98 Å². The summed E-state index contributed by atoms with van der Waals surface area (Å²) < 4.78 is 0. The number of benzene rings is 1. The second-order valence-electron chi connectivity index (χ2n) is 12.2. The summed E-state index contributed by atoms with van der Waals surface area (Å²) in [5.41, 5.74) is 9.78. The molecule has 1 aromatic carbocycles. The number of rotatable bonds is 13. The lowest BCUT2D eigenvalue weighted by Crippen LogP contribution is -2.57. The Morgan fingerprint density at radius 2 is 1.76 bits per heavy atom. The van der Waals surface area contributed by atoms with Crippen molar-refractivity contribution in [3.8, 4) is 10.4 Å². The Morgan fingerprint density at radius 1 is 1.10 bits per heavy atom. The Bertz CT molecular complexity index is 1160. The number of carbonyl (C=O) groups excluding carboxylic acids is 3. The Kier molecular flexibility index (Phi) is 11.9. The van der Waals surface area contributed by atoms with E-state index in [1.807, 2.05) is 64.4 Å². The van der Waals surface area contributed by atoms with Gasteiger partial charge in [0.05, 0.1) is 28.2 Å². The largest absolute Gasteiger partial charge is 0.391 e. The molecule has 4 atom stereocenters. The zero-order chi connectivity index (χ0) is 30.2. The zero-order valence-corrected chi connectivity index (χ0v) is 25.9. The van der Waals surface area contributed by atoms with E-state index in [4.69, 9.17) is 5.73 Å². The molecule has 1 aliphatic rings. The number of likely N-dealkylation sites (tertiary alicyclic amines) is 1. The van der Waals surface area contributed by atoms with Crippen molar-refractivity contribution in [2.45, 2.75) is 104 Å². The molecule has 5 N–H and O–H groups in total. The lowest BCUT2D eigenvalue weighted by atomic mass is 9.85. The maximum Gasteiger partial charge on any atom is 0.246 e. The smallest absolute Gasteiger partial charge is 0.246 e. The summed E-state index contributed by atoms with van der Waals surface area (Å²) in [6.45, 7) is 10.3. The maximum atomic E-state index is 13.8. The number of carbonyl (C=O) groups is 3. The molecule has 0 spiro atoms. The molecule has 10 heteroatoms. The number of aliphatic hydroxyl groups excluding tert-OH is 1. The minimum Gasteiger partial charge on any atom is -0.391 e. The molecule has 2 aromatic rings. The van der Waals surface area contributed by atoms with Gasteiger partial charge >= 0.3 is 0 Å². The fourth-order valence-corrected chi connectivity index (χ4v) is 6.02. The number of nitrogens with zero attached hydrogens (tertiary/aromatic N) is 2. The number of nitrogens with one attached hydrogen (secondary N) is 2. The van der Waals surface area contributed by atoms with Crippen LogP contribution in [0.1, 0.15) is 89.9 Å². The van der Waals surface area contributed by atoms with Crippen LogP contribution in [0.5, 0.6) is 0 Å². The molecule has 4 unspecified atom stereocenters. The molecule has 0 aliphatic carbocycles. The second kappa shape index (κ2) is 14.9. The molecule has 1 saturated heterocycles. The van der Waals surface area contributed by atoms with E-state index in [0.717, 1.165) is 53.8 Å². The summed E-state index contributed by atoms with van der Waals surface area (Å²) in [5, 5.41) is 16.4. The average molecular weight is 586 g/mol. The van der Waals surface area contributed by atoms with Crippen molar-refractivity contribution in [2.24, 2.45) is 11.1 Å². The van der Waals surface area contributed by atoms with E-state index in [1.165, 1.54) is 4.90 Å². The van der Waals surface area contributed by atoms with Crippen LogP contribution < -0.4 is 16.4 Å². The topological polar surface area (TPSA) is 138 Å². The molecule has 3 rings (SSSR count). The number of β-amino-alcohol motifs (C(OH)–C–C–N with tert-alkyl or cyclic N) is 1. The zero-order valence-electron chi connectivity index (χ0n) is 25.1. The van der Waals surface area contributed by atoms with Crippen LogP contribution in [-0.4, -0.2) is 64.0 Å². The van der Waals surface area contributed by atoms with E-state index in [1.54, 1.807) is 11.3 Å². The predicted molar refractivity (Wildman–Crippen MR) is 163 cm³/mol. The molecule has 1 fully saturated rings. The van der Waals surface area contributed by atoms with E-state index in [0.29, 0.717) is 13.0 Å². The van der Waals surface area contributed by atoms with E-state index in [9.17, 15) is 19.5 Å². The molecule has 2 heterocycles. The molecular weight excluding hydrogens is 538 g/mol. The van der Waals surface area contributed by atoms with Crippen LogP contribution in [0, 0.1) is 12.3 Å². The molecule has 9 nitrogen and oxygen atoms in total. The van der Waals surface area contributed by atoms with Crippen molar-refractivity contribution < 1.29 is 19.5 Å². The third kappa shape index (κ3) is 9.08. The normalized spacial score (nSPS) is 18.7. The van der Waals surface area contributed by atoms with Crippen LogP contribution in [0.25, 0.3) is 10.4 Å². The summed E-state index contributed by atoms with van der Waals surface area (Å²) in [4.78, 5) is 46.8. The number of hydrogen-bond donors (Lipinski definition) is 4. The third-order valence-corrected chi connectivity index (χ3v) is 8.65. The number of hydrogen-bond acceptors (Lipinski definition) is 7. The lowest BCUT2D eigenvalue weighted by Gasteiger charge is -2.35. The van der Waals surface area contributed by atoms with Crippen molar-refractivity contribution in [1.82, 2.24) is 20.5 Å². The number of amides is 3. The van der Waals surface area contributed by atoms with Gasteiger partial charge in [-0.05, 0) is 49.8 Å². The molecule has 0 radical (unpaired) electrons. The Hall–Kier alpha value is -2.82.